The van der Waals surface area contributed by atoms with Crippen molar-refractivity contribution in [1.29, 1.82) is 0 Å². The van der Waals surface area contributed by atoms with Gasteiger partial charge in [-0.15, -0.1) is 11.3 Å². The fraction of sp³-hybridized carbons (Fsp3) is 0.571. The smallest absolute Gasteiger partial charge is 0.185 e. The molecule has 0 radical (unpaired) electrons. The van der Waals surface area contributed by atoms with E-state index in [0.29, 0.717) is 6.04 Å². The van der Waals surface area contributed by atoms with Gasteiger partial charge in [0.2, 0.25) is 0 Å². The number of rotatable bonds is 2. The van der Waals surface area contributed by atoms with E-state index in [1.165, 1.54) is 47.8 Å². The Morgan fingerprint density at radius 2 is 2.21 bits per heavy atom. The average molecular weight is 274 g/mol. The summed E-state index contributed by atoms with van der Waals surface area (Å²) in [5, 5.41) is 5.60. The summed E-state index contributed by atoms with van der Waals surface area (Å²) < 4.78 is 2.09. The lowest BCUT2D eigenvalue weighted by atomic mass is 10.0. The number of nitrogens with zero attached hydrogens (tertiary/aromatic N) is 4. The van der Waals surface area contributed by atoms with Gasteiger partial charge in [-0.25, -0.2) is 4.98 Å². The van der Waals surface area contributed by atoms with Crippen LogP contribution in [-0.2, 0) is 12.8 Å². The Balaban J connectivity index is 1.53. The first kappa shape index (κ1) is 11.5. The normalized spacial score (nSPS) is 22.7. The highest BCUT2D eigenvalue weighted by atomic mass is 32.1. The van der Waals surface area contributed by atoms with Crippen LogP contribution < -0.4 is 4.90 Å². The maximum Gasteiger partial charge on any atom is 0.185 e. The molecule has 0 aromatic carbocycles. The molecular weight excluding hydrogens is 256 g/mol. The predicted octanol–water partition coefficient (Wildman–Crippen LogP) is 2.67. The van der Waals surface area contributed by atoms with Gasteiger partial charge in [-0.05, 0) is 38.2 Å². The summed E-state index contributed by atoms with van der Waals surface area (Å²) in [6.07, 6.45) is 10.2. The third-order valence-electron chi connectivity index (χ3n) is 4.17. The first-order chi connectivity index (χ1) is 9.40. The van der Waals surface area contributed by atoms with Gasteiger partial charge in [0.1, 0.15) is 0 Å². The van der Waals surface area contributed by atoms with Crippen LogP contribution in [0.25, 0.3) is 0 Å². The Hall–Kier alpha value is -1.36. The van der Waals surface area contributed by atoms with Gasteiger partial charge in [-0.2, -0.15) is 5.10 Å². The van der Waals surface area contributed by atoms with Gasteiger partial charge < -0.3 is 4.90 Å². The molecule has 0 saturated carbocycles. The Bertz CT molecular complexity index is 537. The number of aryl methyl sites for hydroxylation is 2. The number of aromatic nitrogens is 3. The number of hydrogen-bond acceptors (Lipinski definition) is 4. The number of thiazole rings is 1. The highest BCUT2D eigenvalue weighted by Crippen LogP contribution is 2.34. The summed E-state index contributed by atoms with van der Waals surface area (Å²) in [5.41, 5.74) is 1.37. The molecule has 5 heteroatoms. The monoisotopic (exact) mass is 274 g/mol. The first-order valence-corrected chi connectivity index (χ1v) is 7.94. The Morgan fingerprint density at radius 3 is 3.05 bits per heavy atom. The van der Waals surface area contributed by atoms with Gasteiger partial charge in [0.25, 0.3) is 0 Å². The highest BCUT2D eigenvalue weighted by molar-refractivity contribution is 7.15. The van der Waals surface area contributed by atoms with Crippen LogP contribution in [0.3, 0.4) is 0 Å². The van der Waals surface area contributed by atoms with Gasteiger partial charge in [-0.1, -0.05) is 0 Å². The molecule has 100 valence electrons. The number of fused-ring (bicyclic) bond motifs is 1. The van der Waals surface area contributed by atoms with Crippen LogP contribution in [0, 0.1) is 0 Å². The molecule has 2 aromatic rings. The van der Waals surface area contributed by atoms with E-state index in [2.05, 4.69) is 20.9 Å². The van der Waals surface area contributed by atoms with Crippen LogP contribution in [0.2, 0.25) is 0 Å². The van der Waals surface area contributed by atoms with Gasteiger partial charge in [0.05, 0.1) is 11.7 Å². The van der Waals surface area contributed by atoms with Crippen molar-refractivity contribution < 1.29 is 0 Å². The van der Waals surface area contributed by atoms with Crippen molar-refractivity contribution in [1.82, 2.24) is 14.8 Å². The Morgan fingerprint density at radius 1 is 1.26 bits per heavy atom. The van der Waals surface area contributed by atoms with Crippen molar-refractivity contribution in [2.24, 2.45) is 0 Å². The molecule has 1 aliphatic carbocycles. The molecular formula is C14H18N4S. The van der Waals surface area contributed by atoms with Crippen molar-refractivity contribution in [3.05, 3.63) is 29.0 Å². The lowest BCUT2D eigenvalue weighted by Gasteiger charge is -2.15. The maximum absolute atomic E-state index is 4.86. The molecule has 0 bridgehead atoms. The minimum atomic E-state index is 0.510. The molecule has 2 aliphatic rings. The molecule has 1 fully saturated rings. The van der Waals surface area contributed by atoms with E-state index >= 15 is 0 Å². The molecule has 19 heavy (non-hydrogen) atoms. The fourth-order valence-electron chi connectivity index (χ4n) is 3.10. The van der Waals surface area contributed by atoms with E-state index < -0.39 is 0 Å². The lowest BCUT2D eigenvalue weighted by molar-refractivity contribution is 0.495. The highest BCUT2D eigenvalue weighted by Gasteiger charge is 2.27. The van der Waals surface area contributed by atoms with Gasteiger partial charge in [-0.3, -0.25) is 4.68 Å². The number of anilines is 1. The molecule has 0 N–H and O–H groups in total. The van der Waals surface area contributed by atoms with Crippen LogP contribution in [0.1, 0.15) is 35.9 Å². The quantitative estimate of drug-likeness (QED) is 0.844. The molecule has 0 spiro atoms. The van der Waals surface area contributed by atoms with Crippen molar-refractivity contribution in [3.8, 4) is 0 Å². The summed E-state index contributed by atoms with van der Waals surface area (Å²) >= 11 is 1.92. The van der Waals surface area contributed by atoms with Crippen LogP contribution in [-0.4, -0.2) is 27.9 Å². The molecule has 4 nitrogen and oxygen atoms in total. The summed E-state index contributed by atoms with van der Waals surface area (Å²) in [5.74, 6) is 0. The van der Waals surface area contributed by atoms with Gasteiger partial charge in [0.15, 0.2) is 5.13 Å². The van der Waals surface area contributed by atoms with E-state index in [-0.39, 0.29) is 0 Å². The van der Waals surface area contributed by atoms with Crippen molar-refractivity contribution in [2.75, 3.05) is 18.0 Å². The molecule has 1 atom stereocenters. The van der Waals surface area contributed by atoms with Crippen molar-refractivity contribution >= 4 is 16.5 Å². The third-order valence-corrected chi connectivity index (χ3v) is 5.39. The topological polar surface area (TPSA) is 34.0 Å². The molecule has 1 aliphatic heterocycles. The molecule has 1 saturated heterocycles. The van der Waals surface area contributed by atoms with Gasteiger partial charge >= 0.3 is 0 Å². The zero-order chi connectivity index (χ0) is 12.7. The first-order valence-electron chi connectivity index (χ1n) is 7.13. The fourth-order valence-corrected chi connectivity index (χ4v) is 4.28. The number of hydrogen-bond donors (Lipinski definition) is 0. The molecule has 4 rings (SSSR count). The van der Waals surface area contributed by atoms with E-state index in [0.717, 1.165) is 13.1 Å². The summed E-state index contributed by atoms with van der Waals surface area (Å²) in [7, 11) is 0. The molecule has 3 heterocycles. The standard InChI is InChI=1S/C14H18N4S/c1-2-5-13-12(4-1)16-14(19-13)17-9-6-11(10-17)18-8-3-7-15-18/h3,7-8,11H,1-2,4-6,9-10H2. The lowest BCUT2D eigenvalue weighted by Crippen LogP contribution is -2.20. The van der Waals surface area contributed by atoms with Crippen LogP contribution in [0.15, 0.2) is 18.5 Å². The minimum absolute atomic E-state index is 0.510. The Kier molecular flexibility index (Phi) is 2.80. The zero-order valence-electron chi connectivity index (χ0n) is 11.0. The second-order valence-electron chi connectivity index (χ2n) is 5.45. The Labute approximate surface area is 117 Å². The predicted molar refractivity (Wildman–Crippen MR) is 76.9 cm³/mol. The molecule has 2 aromatic heterocycles. The molecule has 0 amide bonds. The summed E-state index contributed by atoms with van der Waals surface area (Å²) in [6, 6.07) is 2.51. The largest absolute Gasteiger partial charge is 0.346 e. The van der Waals surface area contributed by atoms with Crippen molar-refractivity contribution in [3.63, 3.8) is 0 Å². The summed E-state index contributed by atoms with van der Waals surface area (Å²) in [6.45, 7) is 2.16. The van der Waals surface area contributed by atoms with E-state index in [1.807, 2.05) is 23.6 Å². The zero-order valence-corrected chi connectivity index (χ0v) is 11.8. The summed E-state index contributed by atoms with van der Waals surface area (Å²) in [4.78, 5) is 8.83. The SMILES string of the molecule is c1cnn(C2CCN(c3nc4c(s3)CCCC4)C2)c1. The second-order valence-corrected chi connectivity index (χ2v) is 6.51. The van der Waals surface area contributed by atoms with Crippen molar-refractivity contribution in [2.45, 2.75) is 38.1 Å². The van der Waals surface area contributed by atoms with E-state index in [1.54, 1.807) is 0 Å². The average Bonchev–Trinajstić information content (AvgIpc) is 3.17. The van der Waals surface area contributed by atoms with E-state index in [9.17, 15) is 0 Å². The third kappa shape index (κ3) is 2.06. The van der Waals surface area contributed by atoms with Crippen LogP contribution in [0.5, 0.6) is 0 Å². The van der Waals surface area contributed by atoms with Crippen LogP contribution >= 0.6 is 11.3 Å². The molecule has 1 unspecified atom stereocenters. The van der Waals surface area contributed by atoms with Gasteiger partial charge in [0, 0.05) is 30.4 Å². The minimum Gasteiger partial charge on any atom is -0.346 e. The van der Waals surface area contributed by atoms with E-state index in [4.69, 9.17) is 4.98 Å². The van der Waals surface area contributed by atoms with Crippen LogP contribution in [0.4, 0.5) is 5.13 Å². The maximum atomic E-state index is 4.86. The second kappa shape index (κ2) is 4.63.